The van der Waals surface area contributed by atoms with Crippen LogP contribution in [0.4, 0.5) is 18.0 Å². The average molecular weight is 301 g/mol. The summed E-state index contributed by atoms with van der Waals surface area (Å²) in [6.07, 6.45) is -5.96. The number of rotatable bonds is 4. The number of alkyl halides is 3. The summed E-state index contributed by atoms with van der Waals surface area (Å²) >= 11 is 0. The van der Waals surface area contributed by atoms with Gasteiger partial charge in [-0.15, -0.1) is 10.2 Å². The molecule has 112 valence electrons. The Morgan fingerprint density at radius 1 is 1.38 bits per heavy atom. The molecule has 1 heterocycles. The maximum atomic E-state index is 13.0. The molecule has 1 atom stereocenters. The van der Waals surface area contributed by atoms with Crippen LogP contribution in [0.2, 0.25) is 0 Å². The normalized spacial score (nSPS) is 12.9. The van der Waals surface area contributed by atoms with Crippen molar-refractivity contribution < 1.29 is 22.7 Å². The topological polar surface area (TPSA) is 95.9 Å². The number of benzene rings is 1. The first-order valence-electron chi connectivity index (χ1n) is 5.71. The lowest BCUT2D eigenvalue weighted by molar-refractivity contribution is -0.139. The van der Waals surface area contributed by atoms with Crippen LogP contribution >= 0.6 is 0 Å². The summed E-state index contributed by atoms with van der Waals surface area (Å²) in [6.45, 7) is -0.240. The highest BCUT2D eigenvalue weighted by Gasteiger charge is 2.36. The SMILES string of the molecule is NC(=O)O[C@@H](Cn1ncnn1)c1ccccc1C(F)(F)F. The second-order valence-corrected chi connectivity index (χ2v) is 4.00. The van der Waals surface area contributed by atoms with Crippen molar-refractivity contribution in [1.82, 2.24) is 20.2 Å². The molecule has 1 aromatic carbocycles. The minimum atomic E-state index is -4.59. The van der Waals surface area contributed by atoms with Gasteiger partial charge < -0.3 is 10.5 Å². The van der Waals surface area contributed by atoms with Crippen LogP contribution in [0.25, 0.3) is 0 Å². The van der Waals surface area contributed by atoms with E-state index in [9.17, 15) is 18.0 Å². The van der Waals surface area contributed by atoms with Gasteiger partial charge in [0, 0.05) is 5.56 Å². The molecule has 10 heteroatoms. The summed E-state index contributed by atoms with van der Waals surface area (Å²) in [4.78, 5) is 11.9. The molecule has 0 unspecified atom stereocenters. The molecule has 1 amide bonds. The third kappa shape index (κ3) is 3.68. The summed E-state index contributed by atoms with van der Waals surface area (Å²) in [5, 5.41) is 10.6. The number of tetrazole rings is 1. The van der Waals surface area contributed by atoms with Crippen molar-refractivity contribution in [2.75, 3.05) is 0 Å². The molecule has 0 spiro atoms. The van der Waals surface area contributed by atoms with Gasteiger partial charge in [0.15, 0.2) is 12.4 Å². The first kappa shape index (κ1) is 14.8. The van der Waals surface area contributed by atoms with Crippen LogP contribution in [0.5, 0.6) is 0 Å². The molecule has 0 radical (unpaired) electrons. The first-order chi connectivity index (χ1) is 9.88. The number of ether oxygens (including phenoxy) is 1. The minimum Gasteiger partial charge on any atom is -0.439 e. The summed E-state index contributed by atoms with van der Waals surface area (Å²) < 4.78 is 43.8. The van der Waals surface area contributed by atoms with Gasteiger partial charge >= 0.3 is 12.3 Å². The zero-order valence-electron chi connectivity index (χ0n) is 10.5. The molecule has 2 aromatic rings. The lowest BCUT2D eigenvalue weighted by Gasteiger charge is -2.20. The van der Waals surface area contributed by atoms with Gasteiger partial charge in [-0.3, -0.25) is 0 Å². The molecule has 2 N–H and O–H groups in total. The van der Waals surface area contributed by atoms with Crippen LogP contribution in [-0.4, -0.2) is 26.3 Å². The number of carbonyl (C=O) groups excluding carboxylic acids is 1. The fourth-order valence-corrected chi connectivity index (χ4v) is 1.80. The Balaban J connectivity index is 2.39. The highest BCUT2D eigenvalue weighted by Crippen LogP contribution is 2.35. The van der Waals surface area contributed by atoms with E-state index in [0.29, 0.717) is 0 Å². The largest absolute Gasteiger partial charge is 0.439 e. The molecule has 0 aliphatic carbocycles. The maximum Gasteiger partial charge on any atom is 0.416 e. The van der Waals surface area contributed by atoms with E-state index in [1.165, 1.54) is 18.2 Å². The van der Waals surface area contributed by atoms with Crippen molar-refractivity contribution in [2.45, 2.75) is 18.8 Å². The predicted molar refractivity (Wildman–Crippen MR) is 62.7 cm³/mol. The number of carbonyl (C=O) groups is 1. The third-order valence-corrected chi connectivity index (χ3v) is 2.59. The minimum absolute atomic E-state index is 0.235. The molecule has 0 fully saturated rings. The van der Waals surface area contributed by atoms with Gasteiger partial charge in [0.2, 0.25) is 0 Å². The monoisotopic (exact) mass is 301 g/mol. The lowest BCUT2D eigenvalue weighted by Crippen LogP contribution is -2.24. The molecule has 0 saturated carbocycles. The molecule has 0 saturated heterocycles. The fraction of sp³-hybridized carbons (Fsp3) is 0.273. The molecule has 0 aliphatic rings. The summed E-state index contributed by atoms with van der Waals surface area (Å²) in [5.41, 5.74) is 3.76. The van der Waals surface area contributed by atoms with E-state index in [2.05, 4.69) is 15.4 Å². The van der Waals surface area contributed by atoms with Crippen molar-refractivity contribution in [2.24, 2.45) is 5.73 Å². The Labute approximate surface area is 116 Å². The number of primary amides is 1. The van der Waals surface area contributed by atoms with Crippen LogP contribution in [0.15, 0.2) is 30.6 Å². The first-order valence-corrected chi connectivity index (χ1v) is 5.71. The van der Waals surface area contributed by atoms with E-state index in [4.69, 9.17) is 10.5 Å². The quantitative estimate of drug-likeness (QED) is 0.923. The highest BCUT2D eigenvalue weighted by atomic mass is 19.4. The Bertz CT molecular complexity index is 615. The van der Waals surface area contributed by atoms with Crippen molar-refractivity contribution in [3.05, 3.63) is 41.7 Å². The van der Waals surface area contributed by atoms with Gasteiger partial charge in [0.1, 0.15) is 6.54 Å². The van der Waals surface area contributed by atoms with Gasteiger partial charge in [-0.2, -0.15) is 18.0 Å². The molecule has 0 bridgehead atoms. The molecule has 7 nitrogen and oxygen atoms in total. The van der Waals surface area contributed by atoms with Crippen LogP contribution in [0.3, 0.4) is 0 Å². The number of nitrogens with two attached hydrogens (primary N) is 1. The Morgan fingerprint density at radius 2 is 2.10 bits per heavy atom. The Morgan fingerprint density at radius 3 is 2.67 bits per heavy atom. The Hall–Kier alpha value is -2.65. The van der Waals surface area contributed by atoms with Crippen molar-refractivity contribution in [3.63, 3.8) is 0 Å². The van der Waals surface area contributed by atoms with Gasteiger partial charge in [-0.1, -0.05) is 18.2 Å². The van der Waals surface area contributed by atoms with Crippen molar-refractivity contribution in [3.8, 4) is 0 Å². The lowest BCUT2D eigenvalue weighted by atomic mass is 10.0. The summed E-state index contributed by atoms with van der Waals surface area (Å²) in [6, 6.07) is 4.73. The zero-order chi connectivity index (χ0) is 15.5. The zero-order valence-corrected chi connectivity index (χ0v) is 10.5. The average Bonchev–Trinajstić information content (AvgIpc) is 2.89. The van der Waals surface area contributed by atoms with Crippen LogP contribution in [-0.2, 0) is 17.5 Å². The van der Waals surface area contributed by atoms with E-state index in [1.807, 2.05) is 0 Å². The van der Waals surface area contributed by atoms with E-state index in [-0.39, 0.29) is 12.1 Å². The van der Waals surface area contributed by atoms with E-state index < -0.39 is 23.9 Å². The molecule has 1 aromatic heterocycles. The highest BCUT2D eigenvalue weighted by molar-refractivity contribution is 5.65. The molecule has 0 aliphatic heterocycles. The van der Waals surface area contributed by atoms with Gasteiger partial charge in [-0.05, 0) is 11.3 Å². The molecule has 2 rings (SSSR count). The summed E-state index contributed by atoms with van der Waals surface area (Å²) in [7, 11) is 0. The maximum absolute atomic E-state index is 13.0. The number of hydrogen-bond donors (Lipinski definition) is 1. The van der Waals surface area contributed by atoms with Crippen LogP contribution < -0.4 is 5.73 Å². The Kier molecular flexibility index (Phi) is 4.05. The fourth-order valence-electron chi connectivity index (χ4n) is 1.80. The molecular formula is C11H10F3N5O2. The van der Waals surface area contributed by atoms with Crippen LogP contribution in [0, 0.1) is 0 Å². The predicted octanol–water partition coefficient (Wildman–Crippen LogP) is 1.53. The van der Waals surface area contributed by atoms with E-state index >= 15 is 0 Å². The number of amides is 1. The standard InChI is InChI=1S/C11H10F3N5O2/c12-11(13,14)8-4-2-1-3-7(8)9(21-10(15)20)5-19-17-6-16-18-19/h1-4,6,9H,5H2,(H2,15,20)/t9-/m0/s1. The van der Waals surface area contributed by atoms with Gasteiger partial charge in [0.05, 0.1) is 5.56 Å². The second kappa shape index (κ2) is 5.77. The van der Waals surface area contributed by atoms with Crippen LogP contribution in [0.1, 0.15) is 17.2 Å². The van der Waals surface area contributed by atoms with Gasteiger partial charge in [0.25, 0.3) is 0 Å². The van der Waals surface area contributed by atoms with E-state index in [0.717, 1.165) is 17.2 Å². The number of aromatic nitrogens is 4. The molecular weight excluding hydrogens is 291 g/mol. The summed E-state index contributed by atoms with van der Waals surface area (Å²) in [5.74, 6) is 0. The van der Waals surface area contributed by atoms with Gasteiger partial charge in [-0.25, -0.2) is 4.79 Å². The number of nitrogens with zero attached hydrogens (tertiary/aromatic N) is 4. The second-order valence-electron chi connectivity index (χ2n) is 4.00. The number of halogens is 3. The van der Waals surface area contributed by atoms with Crippen molar-refractivity contribution >= 4 is 6.09 Å². The smallest absolute Gasteiger partial charge is 0.416 e. The van der Waals surface area contributed by atoms with Crippen molar-refractivity contribution in [1.29, 1.82) is 0 Å². The number of hydrogen-bond acceptors (Lipinski definition) is 5. The van der Waals surface area contributed by atoms with E-state index in [1.54, 1.807) is 0 Å². The molecule has 21 heavy (non-hydrogen) atoms. The third-order valence-electron chi connectivity index (χ3n) is 2.59.